The van der Waals surface area contributed by atoms with Crippen molar-refractivity contribution in [1.82, 2.24) is 15.2 Å². The van der Waals surface area contributed by atoms with E-state index < -0.39 is 15.9 Å². The summed E-state index contributed by atoms with van der Waals surface area (Å²) in [6, 6.07) is 10.1. The first kappa shape index (κ1) is 20.1. The third-order valence-electron chi connectivity index (χ3n) is 5.31. The Kier molecular flexibility index (Phi) is 4.63. The number of anilines is 3. The molecule has 0 radical (unpaired) electrons. The van der Waals surface area contributed by atoms with Crippen LogP contribution in [0.15, 0.2) is 47.5 Å². The largest absolute Gasteiger partial charge is 0.494 e. The highest BCUT2D eigenvalue weighted by Gasteiger charge is 2.24. The molecule has 0 atom stereocenters. The molecule has 1 aliphatic heterocycles. The van der Waals surface area contributed by atoms with Crippen LogP contribution in [0.3, 0.4) is 0 Å². The monoisotopic (exact) mass is 453 g/mol. The zero-order valence-corrected chi connectivity index (χ0v) is 18.1. The zero-order valence-electron chi connectivity index (χ0n) is 17.2. The maximum Gasteiger partial charge on any atom is 0.414 e. The number of H-pyrrole nitrogens is 1. The highest BCUT2D eigenvalue weighted by molar-refractivity contribution is 7.90. The quantitative estimate of drug-likeness (QED) is 0.472. The summed E-state index contributed by atoms with van der Waals surface area (Å²) in [6.45, 7) is 0.826. The second-order valence-corrected chi connectivity index (χ2v) is 9.36. The molecule has 3 heterocycles. The fourth-order valence-electron chi connectivity index (χ4n) is 3.70. The summed E-state index contributed by atoms with van der Waals surface area (Å²) in [4.78, 5) is 18.3. The van der Waals surface area contributed by atoms with Gasteiger partial charge in [0.2, 0.25) is 0 Å². The third-order valence-corrected chi connectivity index (χ3v) is 6.42. The molecule has 0 aliphatic carbocycles. The standard InChI is InChI=1S/C21H19N5O5S/c1-30-18-9-12(26-7-8-31-21(26)27)3-5-17(18)24-20-19-15(11-22-25-19)14-10-13(32(2,28)29)4-6-16(14)23-20/h3-6,9-11H,7-8H2,1-2H3,(H,22,25)(H,23,24). The topological polar surface area (TPSA) is 127 Å². The smallest absolute Gasteiger partial charge is 0.414 e. The summed E-state index contributed by atoms with van der Waals surface area (Å²) in [5.41, 5.74) is 2.54. The average molecular weight is 453 g/mol. The lowest BCUT2D eigenvalue weighted by molar-refractivity contribution is 0.181. The minimum Gasteiger partial charge on any atom is -0.494 e. The summed E-state index contributed by atoms with van der Waals surface area (Å²) in [7, 11) is -1.82. The number of ether oxygens (including phenoxy) is 2. The summed E-state index contributed by atoms with van der Waals surface area (Å²) < 4.78 is 34.5. The molecule has 0 unspecified atom stereocenters. The fourth-order valence-corrected chi connectivity index (χ4v) is 4.35. The number of rotatable bonds is 5. The first-order valence-electron chi connectivity index (χ1n) is 9.71. The number of pyridine rings is 1. The Labute approximate surface area is 183 Å². The van der Waals surface area contributed by atoms with E-state index in [1.54, 1.807) is 43.6 Å². The molecule has 32 heavy (non-hydrogen) atoms. The molecule has 1 amide bonds. The van der Waals surface area contributed by atoms with Gasteiger partial charge in [0.1, 0.15) is 17.9 Å². The van der Waals surface area contributed by atoms with Crippen LogP contribution in [0.4, 0.5) is 22.0 Å². The Hall–Kier alpha value is -3.86. The number of hydrogen-bond acceptors (Lipinski definition) is 8. The minimum atomic E-state index is -3.36. The molecular weight excluding hydrogens is 434 g/mol. The molecule has 4 aromatic rings. The summed E-state index contributed by atoms with van der Waals surface area (Å²) >= 11 is 0. The van der Waals surface area contributed by atoms with Gasteiger partial charge >= 0.3 is 6.09 Å². The second-order valence-electron chi connectivity index (χ2n) is 7.35. The van der Waals surface area contributed by atoms with Crippen molar-refractivity contribution in [2.75, 3.05) is 36.7 Å². The Morgan fingerprint density at radius 2 is 2.03 bits per heavy atom. The van der Waals surface area contributed by atoms with Crippen molar-refractivity contribution >= 4 is 54.9 Å². The molecular formula is C21H19N5O5S. The van der Waals surface area contributed by atoms with Crippen molar-refractivity contribution in [3.8, 4) is 5.75 Å². The summed E-state index contributed by atoms with van der Waals surface area (Å²) in [5.74, 6) is 1.02. The molecule has 2 aromatic heterocycles. The van der Waals surface area contributed by atoms with Crippen LogP contribution in [0.25, 0.3) is 21.8 Å². The molecule has 0 saturated carbocycles. The summed E-state index contributed by atoms with van der Waals surface area (Å²) in [6.07, 6.45) is 2.41. The van der Waals surface area contributed by atoms with E-state index in [-0.39, 0.29) is 4.90 Å². The van der Waals surface area contributed by atoms with Crippen LogP contribution < -0.4 is 15.0 Å². The van der Waals surface area contributed by atoms with E-state index in [4.69, 9.17) is 9.47 Å². The van der Waals surface area contributed by atoms with Crippen molar-refractivity contribution in [2.45, 2.75) is 4.90 Å². The van der Waals surface area contributed by atoms with E-state index >= 15 is 0 Å². The number of sulfone groups is 1. The van der Waals surface area contributed by atoms with Crippen LogP contribution in [-0.2, 0) is 14.6 Å². The second kappa shape index (κ2) is 7.38. The molecule has 1 aliphatic rings. The van der Waals surface area contributed by atoms with Crippen molar-refractivity contribution in [3.05, 3.63) is 42.6 Å². The number of aromatic amines is 1. The Morgan fingerprint density at radius 3 is 2.75 bits per heavy atom. The Bertz CT molecular complexity index is 1480. The number of methoxy groups -OCH3 is 1. The molecule has 2 aromatic carbocycles. The van der Waals surface area contributed by atoms with Crippen molar-refractivity contribution in [3.63, 3.8) is 0 Å². The number of fused-ring (bicyclic) bond motifs is 3. The lowest BCUT2D eigenvalue weighted by Gasteiger charge is -2.17. The van der Waals surface area contributed by atoms with Gasteiger partial charge in [-0.2, -0.15) is 5.10 Å². The number of aromatic nitrogens is 3. The van der Waals surface area contributed by atoms with Gasteiger partial charge in [-0.25, -0.2) is 18.2 Å². The van der Waals surface area contributed by atoms with Gasteiger partial charge in [-0.15, -0.1) is 0 Å². The maximum absolute atomic E-state index is 12.0. The molecule has 10 nitrogen and oxygen atoms in total. The number of carbonyl (C=O) groups is 1. The third kappa shape index (κ3) is 3.36. The van der Waals surface area contributed by atoms with Gasteiger partial charge in [0.15, 0.2) is 15.7 Å². The zero-order chi connectivity index (χ0) is 22.5. The Balaban J connectivity index is 1.58. The van der Waals surface area contributed by atoms with Gasteiger partial charge in [0.25, 0.3) is 0 Å². The number of amides is 1. The maximum atomic E-state index is 12.0. The molecule has 164 valence electrons. The van der Waals surface area contributed by atoms with E-state index in [1.165, 1.54) is 17.2 Å². The van der Waals surface area contributed by atoms with Crippen LogP contribution in [0.5, 0.6) is 5.75 Å². The number of nitrogens with one attached hydrogen (secondary N) is 2. The molecule has 2 N–H and O–H groups in total. The molecule has 5 rings (SSSR count). The molecule has 0 bridgehead atoms. The Morgan fingerprint density at radius 1 is 1.19 bits per heavy atom. The van der Waals surface area contributed by atoms with Gasteiger partial charge in [-0.1, -0.05) is 0 Å². The van der Waals surface area contributed by atoms with Crippen LogP contribution in [-0.4, -0.2) is 56.2 Å². The lowest BCUT2D eigenvalue weighted by Crippen LogP contribution is -2.23. The van der Waals surface area contributed by atoms with Crippen LogP contribution in [0.1, 0.15) is 0 Å². The molecule has 1 saturated heterocycles. The number of cyclic esters (lactones) is 1. The number of hydrogen-bond donors (Lipinski definition) is 2. The number of benzene rings is 2. The predicted octanol–water partition coefficient (Wildman–Crippen LogP) is 3.22. The average Bonchev–Trinajstić information content (AvgIpc) is 3.42. The van der Waals surface area contributed by atoms with Gasteiger partial charge in [0, 0.05) is 23.1 Å². The van der Waals surface area contributed by atoms with Gasteiger partial charge in [-0.05, 0) is 30.3 Å². The van der Waals surface area contributed by atoms with E-state index in [0.29, 0.717) is 52.5 Å². The predicted molar refractivity (Wildman–Crippen MR) is 119 cm³/mol. The fraction of sp³-hybridized carbons (Fsp3) is 0.190. The van der Waals surface area contributed by atoms with Gasteiger partial charge in [-0.3, -0.25) is 10.00 Å². The summed E-state index contributed by atoms with van der Waals surface area (Å²) in [5, 5.41) is 11.7. The minimum absolute atomic E-state index is 0.215. The van der Waals surface area contributed by atoms with Gasteiger partial charge < -0.3 is 14.8 Å². The first-order valence-corrected chi connectivity index (χ1v) is 11.6. The van der Waals surface area contributed by atoms with Gasteiger partial charge in [0.05, 0.1) is 41.6 Å². The highest BCUT2D eigenvalue weighted by Crippen LogP contribution is 2.36. The van der Waals surface area contributed by atoms with Crippen LogP contribution >= 0.6 is 0 Å². The van der Waals surface area contributed by atoms with Crippen LogP contribution in [0, 0.1) is 0 Å². The molecule has 11 heteroatoms. The van der Waals surface area contributed by atoms with Crippen molar-refractivity contribution in [1.29, 1.82) is 0 Å². The highest BCUT2D eigenvalue weighted by atomic mass is 32.2. The van der Waals surface area contributed by atoms with Crippen LogP contribution in [0.2, 0.25) is 0 Å². The van der Waals surface area contributed by atoms with Crippen molar-refractivity contribution < 1.29 is 22.7 Å². The van der Waals surface area contributed by atoms with E-state index in [9.17, 15) is 13.2 Å². The first-order chi connectivity index (χ1) is 15.3. The van der Waals surface area contributed by atoms with E-state index in [2.05, 4.69) is 20.5 Å². The number of nitrogens with zero attached hydrogens (tertiary/aromatic N) is 3. The molecule has 0 spiro atoms. The SMILES string of the molecule is COc1cc(N2CCOC2=O)ccc1Nc1nc2ccc(S(C)(=O)=O)cc2c2cn[nH]c12. The number of carbonyl (C=O) groups excluding carboxylic acids is 1. The lowest BCUT2D eigenvalue weighted by atomic mass is 10.1. The van der Waals surface area contributed by atoms with E-state index in [1.807, 2.05) is 0 Å². The normalized spacial score (nSPS) is 14.2. The molecule has 1 fully saturated rings. The van der Waals surface area contributed by atoms with E-state index in [0.717, 1.165) is 5.39 Å². The van der Waals surface area contributed by atoms with Crippen molar-refractivity contribution in [2.24, 2.45) is 0 Å².